The predicted molar refractivity (Wildman–Crippen MR) is 69.4 cm³/mol. The van der Waals surface area contributed by atoms with Crippen molar-refractivity contribution < 1.29 is 17.9 Å². The standard InChI is InChI=1S/C14H17F3N2O/c1-2-9(3-8-4-14(18)19-7-8)20-13-6-11(16)10(15)5-12(13)17/h4-6,8-9,19H,2-3,7,18H2,1H3/t8-,9-/m0/s1. The normalized spacial score (nSPS) is 19.4. The second kappa shape index (κ2) is 6.07. The molecule has 20 heavy (non-hydrogen) atoms. The fourth-order valence-electron chi connectivity index (χ4n) is 2.18. The van der Waals surface area contributed by atoms with Crippen LogP contribution in [-0.2, 0) is 0 Å². The second-order valence-electron chi connectivity index (χ2n) is 4.84. The van der Waals surface area contributed by atoms with E-state index in [0.717, 1.165) is 6.07 Å². The van der Waals surface area contributed by atoms with Crippen molar-refractivity contribution in [2.24, 2.45) is 11.7 Å². The SMILES string of the molecule is CC[C@@H](C[C@H]1C=C(N)NC1)Oc1cc(F)c(F)cc1F. The van der Waals surface area contributed by atoms with Crippen LogP contribution < -0.4 is 15.8 Å². The Labute approximate surface area is 115 Å². The number of hydrogen-bond donors (Lipinski definition) is 2. The van der Waals surface area contributed by atoms with Gasteiger partial charge in [0.2, 0.25) is 0 Å². The van der Waals surface area contributed by atoms with Gasteiger partial charge in [0.1, 0.15) is 0 Å². The minimum Gasteiger partial charge on any atom is -0.487 e. The average Bonchev–Trinajstić information content (AvgIpc) is 2.80. The molecule has 0 unspecified atom stereocenters. The summed E-state index contributed by atoms with van der Waals surface area (Å²) < 4.78 is 44.9. The molecular formula is C14H17F3N2O. The topological polar surface area (TPSA) is 47.3 Å². The highest BCUT2D eigenvalue weighted by Gasteiger charge is 2.21. The van der Waals surface area contributed by atoms with E-state index in [9.17, 15) is 13.2 Å². The minimum atomic E-state index is -1.22. The molecule has 0 saturated carbocycles. The number of hydrogen-bond acceptors (Lipinski definition) is 3. The number of ether oxygens (including phenoxy) is 1. The molecule has 3 N–H and O–H groups in total. The molecule has 2 rings (SSSR count). The van der Waals surface area contributed by atoms with Crippen LogP contribution in [0.15, 0.2) is 24.0 Å². The van der Waals surface area contributed by atoms with Gasteiger partial charge in [0, 0.05) is 24.6 Å². The summed E-state index contributed by atoms with van der Waals surface area (Å²) in [7, 11) is 0. The van der Waals surface area contributed by atoms with E-state index in [0.29, 0.717) is 31.3 Å². The van der Waals surface area contributed by atoms with Gasteiger partial charge in [-0.15, -0.1) is 0 Å². The van der Waals surface area contributed by atoms with Crippen LogP contribution in [0, 0.1) is 23.4 Å². The average molecular weight is 286 g/mol. The Balaban J connectivity index is 2.05. The van der Waals surface area contributed by atoms with Gasteiger partial charge in [-0.2, -0.15) is 0 Å². The molecule has 1 aromatic rings. The summed E-state index contributed by atoms with van der Waals surface area (Å²) in [6.07, 6.45) is 2.85. The van der Waals surface area contributed by atoms with Crippen LogP contribution in [0.1, 0.15) is 19.8 Å². The first-order valence-corrected chi connectivity index (χ1v) is 6.52. The zero-order chi connectivity index (χ0) is 14.7. The quantitative estimate of drug-likeness (QED) is 0.818. The lowest BCUT2D eigenvalue weighted by Gasteiger charge is -2.20. The van der Waals surface area contributed by atoms with Crippen molar-refractivity contribution in [3.63, 3.8) is 0 Å². The van der Waals surface area contributed by atoms with Crippen molar-refractivity contribution in [3.05, 3.63) is 41.5 Å². The van der Waals surface area contributed by atoms with Gasteiger partial charge >= 0.3 is 0 Å². The molecule has 0 aliphatic carbocycles. The van der Waals surface area contributed by atoms with Gasteiger partial charge in [-0.25, -0.2) is 13.2 Å². The van der Waals surface area contributed by atoms with Gasteiger partial charge < -0.3 is 15.8 Å². The molecule has 0 amide bonds. The van der Waals surface area contributed by atoms with Crippen LogP contribution in [-0.4, -0.2) is 12.6 Å². The zero-order valence-electron chi connectivity index (χ0n) is 11.1. The van der Waals surface area contributed by atoms with Gasteiger partial charge in [-0.3, -0.25) is 0 Å². The van der Waals surface area contributed by atoms with Crippen molar-refractivity contribution in [2.75, 3.05) is 6.54 Å². The number of nitrogens with two attached hydrogens (primary N) is 1. The highest BCUT2D eigenvalue weighted by atomic mass is 19.2. The van der Waals surface area contributed by atoms with Gasteiger partial charge in [0.15, 0.2) is 23.2 Å². The van der Waals surface area contributed by atoms with E-state index in [1.165, 1.54) is 0 Å². The van der Waals surface area contributed by atoms with E-state index >= 15 is 0 Å². The molecule has 3 nitrogen and oxygen atoms in total. The van der Waals surface area contributed by atoms with Gasteiger partial charge in [-0.1, -0.05) is 6.92 Å². The van der Waals surface area contributed by atoms with Crippen molar-refractivity contribution in [1.82, 2.24) is 5.32 Å². The second-order valence-corrected chi connectivity index (χ2v) is 4.84. The molecule has 1 aliphatic rings. The van der Waals surface area contributed by atoms with Crippen molar-refractivity contribution in [2.45, 2.75) is 25.9 Å². The third kappa shape index (κ3) is 3.37. The smallest absolute Gasteiger partial charge is 0.168 e. The van der Waals surface area contributed by atoms with Crippen molar-refractivity contribution >= 4 is 0 Å². The summed E-state index contributed by atoms with van der Waals surface area (Å²) >= 11 is 0. The Morgan fingerprint density at radius 3 is 2.60 bits per heavy atom. The van der Waals surface area contributed by atoms with Crippen LogP contribution in [0.5, 0.6) is 5.75 Å². The molecule has 110 valence electrons. The van der Waals surface area contributed by atoms with Crippen LogP contribution >= 0.6 is 0 Å². The molecule has 1 heterocycles. The largest absolute Gasteiger partial charge is 0.487 e. The number of halogens is 3. The lowest BCUT2D eigenvalue weighted by Crippen LogP contribution is -2.23. The maximum absolute atomic E-state index is 13.5. The molecule has 0 bridgehead atoms. The summed E-state index contributed by atoms with van der Waals surface area (Å²) in [5, 5.41) is 2.99. The van der Waals surface area contributed by atoms with E-state index in [1.54, 1.807) is 0 Å². The maximum atomic E-state index is 13.5. The first-order chi connectivity index (χ1) is 9.49. The lowest BCUT2D eigenvalue weighted by molar-refractivity contribution is 0.165. The molecule has 1 aliphatic heterocycles. The van der Waals surface area contributed by atoms with Crippen LogP contribution in [0.3, 0.4) is 0 Å². The predicted octanol–water partition coefficient (Wildman–Crippen LogP) is 2.67. The van der Waals surface area contributed by atoms with E-state index in [1.807, 2.05) is 13.0 Å². The van der Waals surface area contributed by atoms with Gasteiger partial charge in [-0.05, 0) is 18.9 Å². The number of nitrogens with one attached hydrogen (secondary N) is 1. The fraction of sp³-hybridized carbons (Fsp3) is 0.429. The minimum absolute atomic E-state index is 0.188. The molecular weight excluding hydrogens is 269 g/mol. The lowest BCUT2D eigenvalue weighted by atomic mass is 10.0. The summed E-state index contributed by atoms with van der Waals surface area (Å²) in [6, 6.07) is 1.23. The molecule has 0 spiro atoms. The molecule has 1 aromatic carbocycles. The Morgan fingerprint density at radius 2 is 2.00 bits per heavy atom. The zero-order valence-corrected chi connectivity index (χ0v) is 11.1. The molecule has 0 saturated heterocycles. The summed E-state index contributed by atoms with van der Waals surface area (Å²) in [5.41, 5.74) is 5.61. The highest BCUT2D eigenvalue weighted by molar-refractivity contribution is 5.26. The Bertz CT molecular complexity index is 519. The van der Waals surface area contributed by atoms with E-state index in [-0.39, 0.29) is 17.8 Å². The van der Waals surface area contributed by atoms with Crippen LogP contribution in [0.2, 0.25) is 0 Å². The third-order valence-electron chi connectivity index (χ3n) is 3.27. The van der Waals surface area contributed by atoms with Gasteiger partial charge in [0.05, 0.1) is 11.9 Å². The summed E-state index contributed by atoms with van der Waals surface area (Å²) in [6.45, 7) is 2.59. The van der Waals surface area contributed by atoms with E-state index in [2.05, 4.69) is 5.32 Å². The monoisotopic (exact) mass is 286 g/mol. The molecule has 0 radical (unpaired) electrons. The molecule has 0 fully saturated rings. The van der Waals surface area contributed by atoms with E-state index < -0.39 is 17.5 Å². The number of benzene rings is 1. The highest BCUT2D eigenvalue weighted by Crippen LogP contribution is 2.25. The summed E-state index contributed by atoms with van der Waals surface area (Å²) in [4.78, 5) is 0. The first kappa shape index (κ1) is 14.6. The van der Waals surface area contributed by atoms with E-state index in [4.69, 9.17) is 10.5 Å². The van der Waals surface area contributed by atoms with Gasteiger partial charge in [0.25, 0.3) is 0 Å². The number of rotatable bonds is 5. The first-order valence-electron chi connectivity index (χ1n) is 6.52. The molecule has 0 aromatic heterocycles. The Morgan fingerprint density at radius 1 is 1.30 bits per heavy atom. The van der Waals surface area contributed by atoms with Crippen molar-refractivity contribution in [1.29, 1.82) is 0 Å². The van der Waals surface area contributed by atoms with Crippen LogP contribution in [0.4, 0.5) is 13.2 Å². The molecule has 6 heteroatoms. The Hall–Kier alpha value is -1.85. The third-order valence-corrected chi connectivity index (χ3v) is 3.27. The Kier molecular flexibility index (Phi) is 4.42. The van der Waals surface area contributed by atoms with Crippen LogP contribution in [0.25, 0.3) is 0 Å². The maximum Gasteiger partial charge on any atom is 0.168 e. The fourth-order valence-corrected chi connectivity index (χ4v) is 2.18. The summed E-state index contributed by atoms with van der Waals surface area (Å²) in [5.74, 6) is -2.71. The van der Waals surface area contributed by atoms with Crippen molar-refractivity contribution in [3.8, 4) is 5.75 Å². The molecule has 2 atom stereocenters.